The van der Waals surface area contributed by atoms with Gasteiger partial charge >= 0.3 is 7.12 Å². The quantitative estimate of drug-likeness (QED) is 0.173. The van der Waals surface area contributed by atoms with E-state index in [1.807, 2.05) is 12.1 Å². The third-order valence-electron chi connectivity index (χ3n) is 7.77. The van der Waals surface area contributed by atoms with Crippen molar-refractivity contribution in [3.63, 3.8) is 0 Å². The van der Waals surface area contributed by atoms with Gasteiger partial charge in [0.25, 0.3) is 0 Å². The predicted molar refractivity (Wildman–Crippen MR) is 146 cm³/mol. The fourth-order valence-corrected chi connectivity index (χ4v) is 5.15. The molecule has 5 aromatic rings. The predicted octanol–water partition coefficient (Wildman–Crippen LogP) is 6.50. The molecule has 0 bridgehead atoms. The Balaban J connectivity index is 1.55. The number of aliphatic hydroxyl groups is 1. The maximum absolute atomic E-state index is 9.79. The molecule has 0 unspecified atom stereocenters. The third kappa shape index (κ3) is 3.43. The molecule has 5 aromatic carbocycles. The second-order valence-corrected chi connectivity index (χ2v) is 10.5. The Morgan fingerprint density at radius 2 is 1.26 bits per heavy atom. The van der Waals surface area contributed by atoms with E-state index in [9.17, 15) is 5.26 Å². The van der Waals surface area contributed by atoms with Crippen LogP contribution >= 0.6 is 0 Å². The van der Waals surface area contributed by atoms with Crippen LogP contribution in [0, 0.1) is 11.3 Å². The molecule has 0 radical (unpaired) electrons. The van der Waals surface area contributed by atoms with E-state index in [0.29, 0.717) is 5.56 Å². The summed E-state index contributed by atoms with van der Waals surface area (Å²) in [5, 5.41) is 17.2. The van der Waals surface area contributed by atoms with Gasteiger partial charge in [-0.25, -0.2) is 0 Å². The zero-order valence-electron chi connectivity index (χ0n) is 20.5. The molecule has 4 heteroatoms. The van der Waals surface area contributed by atoms with Crippen LogP contribution in [0.15, 0.2) is 84.9 Å². The highest BCUT2D eigenvalue weighted by molar-refractivity contribution is 6.61. The van der Waals surface area contributed by atoms with Crippen molar-refractivity contribution in [1.82, 2.24) is 0 Å². The molecule has 0 amide bonds. The van der Waals surface area contributed by atoms with Gasteiger partial charge < -0.3 is 9.31 Å². The summed E-state index contributed by atoms with van der Waals surface area (Å²) in [7, 11) is -0.391. The molecule has 0 saturated carbocycles. The summed E-state index contributed by atoms with van der Waals surface area (Å²) in [5.41, 5.74) is 2.91. The summed E-state index contributed by atoms with van der Waals surface area (Å²) in [4.78, 5) is 0. The second kappa shape index (κ2) is 7.68. The Kier molecular flexibility index (Phi) is 4.80. The highest BCUT2D eigenvalue weighted by atomic mass is 16.7. The zero-order valence-corrected chi connectivity index (χ0v) is 20.5. The molecule has 0 aliphatic carbocycles. The third-order valence-corrected chi connectivity index (χ3v) is 7.77. The minimum atomic E-state index is -0.391. The van der Waals surface area contributed by atoms with Gasteiger partial charge in [-0.2, -0.15) is 5.26 Å². The van der Waals surface area contributed by atoms with Crippen LogP contribution in [0.25, 0.3) is 43.4 Å². The van der Waals surface area contributed by atoms with Crippen LogP contribution in [-0.4, -0.2) is 23.0 Å². The fraction of sp³-hybridized carbons (Fsp3) is 0.194. The van der Waals surface area contributed by atoms with Crippen molar-refractivity contribution in [2.45, 2.75) is 38.9 Å². The number of hydrogen-bond acceptors (Lipinski definition) is 2. The van der Waals surface area contributed by atoms with Crippen molar-refractivity contribution >= 4 is 44.9 Å². The van der Waals surface area contributed by atoms with E-state index in [1.165, 1.54) is 32.3 Å². The van der Waals surface area contributed by atoms with Crippen molar-refractivity contribution < 1.29 is 9.31 Å². The first-order chi connectivity index (χ1) is 16.8. The lowest BCUT2D eigenvalue weighted by molar-refractivity contribution is -0.0705. The number of nitriles is 1. The molecule has 0 aromatic heterocycles. The van der Waals surface area contributed by atoms with Crippen LogP contribution in [0.5, 0.6) is 0 Å². The van der Waals surface area contributed by atoms with Gasteiger partial charge in [-0.3, -0.25) is 0 Å². The first-order valence-corrected chi connectivity index (χ1v) is 12.1. The lowest BCUT2D eigenvalue weighted by Crippen LogP contribution is -2.43. The summed E-state index contributed by atoms with van der Waals surface area (Å²) < 4.78 is 11.3. The van der Waals surface area contributed by atoms with Gasteiger partial charge in [-0.05, 0) is 81.6 Å². The van der Waals surface area contributed by atoms with Gasteiger partial charge in [-0.15, -0.1) is 0 Å². The average Bonchev–Trinajstić information content (AvgIpc) is 3.10. The second-order valence-electron chi connectivity index (χ2n) is 10.5. The molecule has 1 fully saturated rings. The first kappa shape index (κ1) is 21.9. The normalized spacial score (nSPS) is 16.7. The molecule has 1 aliphatic heterocycles. The lowest BCUT2D eigenvalue weighted by Gasteiger charge is -2.28. The van der Waals surface area contributed by atoms with Crippen molar-refractivity contribution in [1.29, 1.82) is 5.26 Å². The van der Waals surface area contributed by atoms with Gasteiger partial charge in [0.05, 0.1) is 17.1 Å². The molecule has 1 saturated heterocycles. The standard InChI is InChI=1S/C31H26BNO2/c1-30(2)31(3,4)35-32(34-30)23-16-20(19-33)15-22(17-23)21-13-14-28-26-11-6-5-9-24(26)25-10-7-8-12-27(25)29(28)18-21/h5-18H,1-4H3/p+1. The highest BCUT2D eigenvalue weighted by Crippen LogP contribution is 2.38. The zero-order chi connectivity index (χ0) is 24.4. The van der Waals surface area contributed by atoms with Crippen LogP contribution in [0.3, 0.4) is 0 Å². The van der Waals surface area contributed by atoms with Gasteiger partial charge in [-0.1, -0.05) is 60.7 Å². The summed E-state index contributed by atoms with van der Waals surface area (Å²) in [6, 6.07) is 32.1. The number of rotatable bonds is 2. The minimum Gasteiger partial charge on any atom is -0.505 e. The number of benzene rings is 5. The van der Waals surface area contributed by atoms with Crippen molar-refractivity contribution in [2.75, 3.05) is 0 Å². The van der Waals surface area contributed by atoms with Crippen LogP contribution in [0.1, 0.15) is 33.3 Å². The molecule has 0 atom stereocenters. The van der Waals surface area contributed by atoms with Gasteiger partial charge in [0.1, 0.15) is 5.60 Å². The van der Waals surface area contributed by atoms with E-state index in [-0.39, 0.29) is 11.2 Å². The van der Waals surface area contributed by atoms with E-state index in [4.69, 9.17) is 9.31 Å². The Morgan fingerprint density at radius 1 is 0.686 bits per heavy atom. The number of fused-ring (bicyclic) bond motifs is 6. The Hall–Kier alpha value is -3.65. The summed E-state index contributed by atoms with van der Waals surface area (Å²) in [6.07, 6.45) is 0. The molecule has 35 heavy (non-hydrogen) atoms. The van der Waals surface area contributed by atoms with E-state index in [0.717, 1.165) is 16.6 Å². The van der Waals surface area contributed by atoms with Crippen molar-refractivity contribution in [3.8, 4) is 17.2 Å². The van der Waals surface area contributed by atoms with Crippen LogP contribution < -0.4 is 5.46 Å². The summed E-state index contributed by atoms with van der Waals surface area (Å²) in [5.74, 6) is 0. The van der Waals surface area contributed by atoms with Crippen molar-refractivity contribution in [2.24, 2.45) is 0 Å². The SMILES string of the molecule is CC1(C)OB(c2cc(C#N)cc(-c3ccc4c5ccccc5c5ccccc5c4c3)c2)[OH+]C1(C)C. The first-order valence-electron chi connectivity index (χ1n) is 12.1. The monoisotopic (exact) mass is 456 g/mol. The van der Waals surface area contributed by atoms with E-state index < -0.39 is 7.12 Å². The summed E-state index contributed by atoms with van der Waals surface area (Å²) in [6.45, 7) is 8.34. The van der Waals surface area contributed by atoms with Gasteiger partial charge in [0, 0.05) is 13.8 Å². The smallest absolute Gasteiger partial charge is 0.505 e. The molecular formula is C31H27BNO2+. The van der Waals surface area contributed by atoms with Gasteiger partial charge in [0.2, 0.25) is 0 Å². The number of hydrogen-bond donors (Lipinski definition) is 0. The molecule has 170 valence electrons. The summed E-state index contributed by atoms with van der Waals surface area (Å²) >= 11 is 0. The maximum Gasteiger partial charge on any atom is 0.732 e. The minimum absolute atomic E-state index is 0.316. The highest BCUT2D eigenvalue weighted by Gasteiger charge is 2.59. The number of nitrogens with zero attached hydrogens (tertiary/aromatic N) is 1. The molecule has 1 N–H and O–H groups in total. The molecule has 1 aliphatic rings. The van der Waals surface area contributed by atoms with Crippen LogP contribution in [0.2, 0.25) is 0 Å². The Bertz CT molecular complexity index is 1630. The van der Waals surface area contributed by atoms with E-state index in [1.54, 1.807) is 0 Å². The topological polar surface area (TPSA) is 45.8 Å². The maximum atomic E-state index is 9.79. The average molecular weight is 456 g/mol. The van der Waals surface area contributed by atoms with Crippen LogP contribution in [0.4, 0.5) is 0 Å². The van der Waals surface area contributed by atoms with Gasteiger partial charge in [0.15, 0.2) is 5.60 Å². The van der Waals surface area contributed by atoms with Crippen molar-refractivity contribution in [3.05, 3.63) is 90.5 Å². The molecule has 1 heterocycles. The van der Waals surface area contributed by atoms with E-state index in [2.05, 4.69) is 107 Å². The molecule has 6 rings (SSSR count). The Labute approximate surface area is 206 Å². The largest absolute Gasteiger partial charge is 0.732 e. The molecule has 0 spiro atoms. The fourth-order valence-electron chi connectivity index (χ4n) is 5.15. The Morgan fingerprint density at radius 3 is 1.80 bits per heavy atom. The van der Waals surface area contributed by atoms with E-state index >= 15 is 0 Å². The van der Waals surface area contributed by atoms with Crippen LogP contribution in [-0.2, 0) is 4.65 Å². The molecular weight excluding hydrogens is 429 g/mol. The lowest BCUT2D eigenvalue weighted by atomic mass is 9.77. The molecule has 3 nitrogen and oxygen atoms in total.